The minimum Gasteiger partial charge on any atom is -0.396 e. The number of aliphatic hydroxyl groups excluding tert-OH is 1. The first-order chi connectivity index (χ1) is 5.72. The number of rotatable bonds is 1. The number of hydrogen-bond donors (Lipinski definition) is 1. The van der Waals surface area contributed by atoms with Crippen molar-refractivity contribution in [3.05, 3.63) is 11.6 Å². The topological polar surface area (TPSA) is 20.2 Å². The number of aliphatic hydroxyl groups is 1. The summed E-state index contributed by atoms with van der Waals surface area (Å²) in [5.74, 6) is 1.52. The van der Waals surface area contributed by atoms with Crippen molar-refractivity contribution in [3.8, 4) is 0 Å². The molecule has 0 spiro atoms. The Labute approximate surface area is 75.5 Å². The molecule has 0 aliphatic heterocycles. The maximum atomic E-state index is 8.14. The second-order valence-electron chi connectivity index (χ2n) is 4.28. The van der Waals surface area contributed by atoms with Crippen LogP contribution in [0.25, 0.3) is 0 Å². The standard InChI is InChI=1S/C7H10.C4H10O/c1-2-7-4-3-6(1)5-7;1-4(2)3-5/h1,7H,2-5H2;4-5H,3H2,1-2H3. The summed E-state index contributed by atoms with van der Waals surface area (Å²) >= 11 is 0. The highest BCUT2D eigenvalue weighted by Gasteiger charge is 2.22. The van der Waals surface area contributed by atoms with Crippen LogP contribution in [0.15, 0.2) is 11.6 Å². The van der Waals surface area contributed by atoms with Gasteiger partial charge >= 0.3 is 0 Å². The van der Waals surface area contributed by atoms with Gasteiger partial charge in [0.2, 0.25) is 0 Å². The highest BCUT2D eigenvalue weighted by atomic mass is 16.3. The first-order valence-corrected chi connectivity index (χ1v) is 5.01. The Balaban J connectivity index is 0.000000130. The predicted molar refractivity (Wildman–Crippen MR) is 52.0 cm³/mol. The molecule has 1 heteroatoms. The molecule has 70 valence electrons. The minimum absolute atomic E-state index is 0.306. The Kier molecular flexibility index (Phi) is 3.80. The van der Waals surface area contributed by atoms with Crippen LogP contribution in [-0.2, 0) is 0 Å². The maximum absolute atomic E-state index is 8.14. The van der Waals surface area contributed by atoms with Crippen molar-refractivity contribution in [2.75, 3.05) is 6.61 Å². The molecule has 1 N–H and O–H groups in total. The average Bonchev–Trinajstić information content (AvgIpc) is 2.67. The van der Waals surface area contributed by atoms with Gasteiger partial charge in [-0.2, -0.15) is 0 Å². The third kappa shape index (κ3) is 2.98. The van der Waals surface area contributed by atoms with Gasteiger partial charge in [0.25, 0.3) is 0 Å². The van der Waals surface area contributed by atoms with Crippen LogP contribution in [0.1, 0.15) is 39.5 Å². The van der Waals surface area contributed by atoms with E-state index < -0.39 is 0 Å². The van der Waals surface area contributed by atoms with Crippen molar-refractivity contribution < 1.29 is 5.11 Å². The molecule has 0 amide bonds. The van der Waals surface area contributed by atoms with Crippen LogP contribution in [0.4, 0.5) is 0 Å². The fraction of sp³-hybridized carbons (Fsp3) is 0.818. The zero-order valence-corrected chi connectivity index (χ0v) is 8.21. The summed E-state index contributed by atoms with van der Waals surface area (Å²) in [6, 6.07) is 0. The zero-order chi connectivity index (χ0) is 8.97. The van der Waals surface area contributed by atoms with Crippen molar-refractivity contribution in [3.63, 3.8) is 0 Å². The lowest BCUT2D eigenvalue weighted by Crippen LogP contribution is -1.90. The van der Waals surface area contributed by atoms with Gasteiger partial charge in [0.15, 0.2) is 0 Å². The van der Waals surface area contributed by atoms with E-state index in [1.54, 1.807) is 5.57 Å². The Bertz CT molecular complexity index is 158. The average molecular weight is 168 g/mol. The molecule has 2 bridgehead atoms. The van der Waals surface area contributed by atoms with E-state index in [1.165, 1.54) is 25.7 Å². The van der Waals surface area contributed by atoms with E-state index in [0.29, 0.717) is 12.5 Å². The summed E-state index contributed by atoms with van der Waals surface area (Å²) in [6.07, 6.45) is 8.18. The van der Waals surface area contributed by atoms with Crippen molar-refractivity contribution in [2.45, 2.75) is 39.5 Å². The summed E-state index contributed by atoms with van der Waals surface area (Å²) in [5, 5.41) is 8.14. The fourth-order valence-electron chi connectivity index (χ4n) is 1.68. The Morgan fingerprint density at radius 1 is 1.58 bits per heavy atom. The van der Waals surface area contributed by atoms with E-state index in [9.17, 15) is 0 Å². The molecule has 1 unspecified atom stereocenters. The van der Waals surface area contributed by atoms with Gasteiger partial charge in [-0.1, -0.05) is 25.5 Å². The lowest BCUT2D eigenvalue weighted by Gasteiger charge is -1.98. The minimum atomic E-state index is 0.306. The first kappa shape index (κ1) is 9.79. The van der Waals surface area contributed by atoms with E-state index in [4.69, 9.17) is 5.11 Å². The largest absolute Gasteiger partial charge is 0.396 e. The molecule has 0 heterocycles. The highest BCUT2D eigenvalue weighted by Crippen LogP contribution is 2.38. The SMILES string of the molecule is C1=C2CCC(C1)C2.CC(C)CO. The van der Waals surface area contributed by atoms with Crippen LogP contribution in [-0.4, -0.2) is 11.7 Å². The number of hydrogen-bond acceptors (Lipinski definition) is 1. The predicted octanol–water partition coefficient (Wildman–Crippen LogP) is 2.75. The lowest BCUT2D eigenvalue weighted by atomic mass is 10.1. The summed E-state index contributed by atoms with van der Waals surface area (Å²) in [5.41, 5.74) is 1.74. The molecule has 12 heavy (non-hydrogen) atoms. The summed E-state index contributed by atoms with van der Waals surface area (Å²) in [7, 11) is 0. The molecule has 1 saturated carbocycles. The molecular formula is C11H20O. The monoisotopic (exact) mass is 168 g/mol. The van der Waals surface area contributed by atoms with Crippen LogP contribution in [0.5, 0.6) is 0 Å². The van der Waals surface area contributed by atoms with Crippen molar-refractivity contribution in [1.29, 1.82) is 0 Å². The Morgan fingerprint density at radius 3 is 2.33 bits per heavy atom. The molecule has 2 rings (SSSR count). The summed E-state index contributed by atoms with van der Waals surface area (Å²) < 4.78 is 0. The van der Waals surface area contributed by atoms with E-state index in [0.717, 1.165) is 5.92 Å². The van der Waals surface area contributed by atoms with Crippen molar-refractivity contribution in [2.24, 2.45) is 11.8 Å². The third-order valence-corrected chi connectivity index (χ3v) is 2.53. The normalized spacial score (nSPS) is 25.3. The van der Waals surface area contributed by atoms with Crippen LogP contribution in [0.2, 0.25) is 0 Å². The van der Waals surface area contributed by atoms with Gasteiger partial charge in [-0.25, -0.2) is 0 Å². The third-order valence-electron chi connectivity index (χ3n) is 2.53. The molecule has 2 aliphatic carbocycles. The molecule has 0 aromatic rings. The number of allylic oxidation sites excluding steroid dienone is 2. The van der Waals surface area contributed by atoms with Crippen molar-refractivity contribution >= 4 is 0 Å². The fourth-order valence-corrected chi connectivity index (χ4v) is 1.68. The van der Waals surface area contributed by atoms with Crippen molar-refractivity contribution in [1.82, 2.24) is 0 Å². The van der Waals surface area contributed by atoms with E-state index in [-0.39, 0.29) is 0 Å². The summed E-state index contributed by atoms with van der Waals surface area (Å²) in [6.45, 7) is 4.25. The molecule has 1 nitrogen and oxygen atoms in total. The van der Waals surface area contributed by atoms with Crippen LogP contribution in [0, 0.1) is 11.8 Å². The second-order valence-corrected chi connectivity index (χ2v) is 4.28. The zero-order valence-electron chi connectivity index (χ0n) is 8.21. The Morgan fingerprint density at radius 2 is 2.25 bits per heavy atom. The van der Waals surface area contributed by atoms with Gasteiger partial charge in [-0.15, -0.1) is 0 Å². The molecule has 0 aromatic carbocycles. The second kappa shape index (κ2) is 4.66. The van der Waals surface area contributed by atoms with Gasteiger partial charge in [-0.3, -0.25) is 0 Å². The molecule has 1 atom stereocenters. The first-order valence-electron chi connectivity index (χ1n) is 5.01. The lowest BCUT2D eigenvalue weighted by molar-refractivity contribution is 0.248. The number of fused-ring (bicyclic) bond motifs is 2. The van der Waals surface area contributed by atoms with Gasteiger partial charge in [0.05, 0.1) is 0 Å². The van der Waals surface area contributed by atoms with Gasteiger partial charge in [0.1, 0.15) is 0 Å². The van der Waals surface area contributed by atoms with Gasteiger partial charge in [-0.05, 0) is 37.5 Å². The highest BCUT2D eigenvalue weighted by molar-refractivity contribution is 5.15. The maximum Gasteiger partial charge on any atom is 0.0453 e. The van der Waals surface area contributed by atoms with Crippen LogP contribution >= 0.6 is 0 Å². The summed E-state index contributed by atoms with van der Waals surface area (Å²) in [4.78, 5) is 0. The molecule has 0 radical (unpaired) electrons. The molecule has 2 aliphatic rings. The molecular weight excluding hydrogens is 148 g/mol. The van der Waals surface area contributed by atoms with E-state index >= 15 is 0 Å². The van der Waals surface area contributed by atoms with Crippen LogP contribution < -0.4 is 0 Å². The Hall–Kier alpha value is -0.300. The van der Waals surface area contributed by atoms with Gasteiger partial charge in [0, 0.05) is 6.61 Å². The molecule has 0 saturated heterocycles. The van der Waals surface area contributed by atoms with Crippen LogP contribution in [0.3, 0.4) is 0 Å². The van der Waals surface area contributed by atoms with E-state index in [2.05, 4.69) is 6.08 Å². The smallest absolute Gasteiger partial charge is 0.0453 e. The molecule has 1 fully saturated rings. The quantitative estimate of drug-likeness (QED) is 0.597. The van der Waals surface area contributed by atoms with Gasteiger partial charge < -0.3 is 5.11 Å². The van der Waals surface area contributed by atoms with E-state index in [1.807, 2.05) is 13.8 Å². The molecule has 0 aromatic heterocycles.